The predicted octanol–water partition coefficient (Wildman–Crippen LogP) is 0.0651. The number of nitrogens with two attached hydrogens (primary N) is 1. The lowest BCUT2D eigenvalue weighted by Gasteiger charge is -2.20. The molecule has 0 spiro atoms. The molecule has 0 aliphatic carbocycles. The van der Waals surface area contributed by atoms with Gasteiger partial charge in [-0.1, -0.05) is 0 Å². The second-order valence-electron chi connectivity index (χ2n) is 5.13. The normalized spacial score (nSPS) is 19.2. The first-order chi connectivity index (χ1) is 10.3. The van der Waals surface area contributed by atoms with Crippen molar-refractivity contribution in [3.05, 3.63) is 17.0 Å². The molecule has 9 heteroatoms. The molecule has 1 saturated heterocycles. The second-order valence-corrected chi connectivity index (χ2v) is 8.42. The van der Waals surface area contributed by atoms with Crippen LogP contribution in [-0.4, -0.2) is 43.7 Å². The highest BCUT2D eigenvalue weighted by atomic mass is 32.2. The minimum atomic E-state index is -3.69. The van der Waals surface area contributed by atoms with Crippen LogP contribution in [0.1, 0.15) is 24.6 Å². The first-order valence-electron chi connectivity index (χ1n) is 6.96. The van der Waals surface area contributed by atoms with Crippen LogP contribution in [0.15, 0.2) is 16.3 Å². The van der Waals surface area contributed by atoms with Crippen molar-refractivity contribution in [2.24, 2.45) is 5.73 Å². The molecule has 0 aromatic carbocycles. The number of rotatable bonds is 6. The van der Waals surface area contributed by atoms with E-state index in [-0.39, 0.29) is 10.1 Å². The van der Waals surface area contributed by atoms with Crippen LogP contribution in [0, 0.1) is 0 Å². The highest BCUT2D eigenvalue weighted by Gasteiger charge is 2.39. The van der Waals surface area contributed by atoms with Gasteiger partial charge in [-0.15, -0.1) is 11.3 Å². The Bertz CT molecular complexity index is 669. The van der Waals surface area contributed by atoms with Gasteiger partial charge in [-0.05, 0) is 31.4 Å². The number of carbonyl (C=O) groups excluding carboxylic acids is 2. The summed E-state index contributed by atoms with van der Waals surface area (Å²) in [6.07, 6.45) is 1.67. The van der Waals surface area contributed by atoms with Crippen molar-refractivity contribution in [2.75, 3.05) is 13.1 Å². The number of carbonyl (C=O) groups is 2. The number of thiophene rings is 1. The minimum absolute atomic E-state index is 0.120. The van der Waals surface area contributed by atoms with Crippen LogP contribution in [0.2, 0.25) is 0 Å². The first kappa shape index (κ1) is 16.9. The molecule has 2 amide bonds. The van der Waals surface area contributed by atoms with Gasteiger partial charge in [-0.3, -0.25) is 9.59 Å². The molecule has 7 nitrogen and oxygen atoms in total. The van der Waals surface area contributed by atoms with Gasteiger partial charge in [0.15, 0.2) is 0 Å². The van der Waals surface area contributed by atoms with E-state index in [2.05, 4.69) is 5.32 Å². The van der Waals surface area contributed by atoms with Crippen LogP contribution in [0.5, 0.6) is 0 Å². The van der Waals surface area contributed by atoms with Crippen molar-refractivity contribution in [3.63, 3.8) is 0 Å². The van der Waals surface area contributed by atoms with E-state index >= 15 is 0 Å². The molecule has 1 atom stereocenters. The minimum Gasteiger partial charge on any atom is -0.368 e. The zero-order valence-corrected chi connectivity index (χ0v) is 13.9. The van der Waals surface area contributed by atoms with Gasteiger partial charge in [0.05, 0.1) is 0 Å². The molecule has 22 heavy (non-hydrogen) atoms. The Morgan fingerprint density at radius 2 is 2.18 bits per heavy atom. The molecule has 0 bridgehead atoms. The summed E-state index contributed by atoms with van der Waals surface area (Å²) in [7, 11) is -3.69. The summed E-state index contributed by atoms with van der Waals surface area (Å²) in [5.74, 6) is -0.728. The summed E-state index contributed by atoms with van der Waals surface area (Å²) in [6, 6.07) is 2.52. The fourth-order valence-corrected chi connectivity index (χ4v) is 5.57. The third kappa shape index (κ3) is 3.65. The third-order valence-electron chi connectivity index (χ3n) is 3.48. The van der Waals surface area contributed by atoms with Crippen molar-refractivity contribution < 1.29 is 18.0 Å². The quantitative estimate of drug-likeness (QED) is 0.760. The lowest BCUT2D eigenvalue weighted by molar-refractivity contribution is -0.121. The van der Waals surface area contributed by atoms with E-state index in [1.807, 2.05) is 0 Å². The third-order valence-corrected chi connectivity index (χ3v) is 7.00. The van der Waals surface area contributed by atoms with E-state index in [1.165, 1.54) is 11.2 Å². The summed E-state index contributed by atoms with van der Waals surface area (Å²) in [6.45, 7) is 2.21. The summed E-state index contributed by atoms with van der Waals surface area (Å²) < 4.78 is 26.6. The van der Waals surface area contributed by atoms with Crippen molar-refractivity contribution in [1.29, 1.82) is 0 Å². The fraction of sp³-hybridized carbons (Fsp3) is 0.538. The van der Waals surface area contributed by atoms with Crippen LogP contribution in [-0.2, 0) is 26.0 Å². The van der Waals surface area contributed by atoms with Gasteiger partial charge >= 0.3 is 0 Å². The largest absolute Gasteiger partial charge is 0.368 e. The Balaban J connectivity index is 2.11. The summed E-state index contributed by atoms with van der Waals surface area (Å²) >= 11 is 1.16. The molecule has 1 aromatic heterocycles. The molecule has 122 valence electrons. The van der Waals surface area contributed by atoms with Crippen LogP contribution < -0.4 is 11.1 Å². The highest BCUT2D eigenvalue weighted by molar-refractivity contribution is 7.91. The molecule has 1 aliphatic heterocycles. The number of hydrogen-bond donors (Lipinski definition) is 2. The Morgan fingerprint density at radius 1 is 1.45 bits per heavy atom. The standard InChI is InChI=1S/C13H19N3O4S2/c1-9(17)15-7-6-10-4-5-12(21-10)22(19,20)16-8-2-3-11(16)13(14)18/h4-5,11H,2-3,6-8H2,1H3,(H2,14,18)(H,15,17)/t11-/m0/s1. The van der Waals surface area contributed by atoms with Gasteiger partial charge in [-0.2, -0.15) is 4.31 Å². The van der Waals surface area contributed by atoms with Crippen molar-refractivity contribution >= 4 is 33.2 Å². The number of amides is 2. The monoisotopic (exact) mass is 345 g/mol. The van der Waals surface area contributed by atoms with Crippen molar-refractivity contribution in [2.45, 2.75) is 36.4 Å². The summed E-state index contributed by atoms with van der Waals surface area (Å²) in [5, 5.41) is 2.67. The lowest BCUT2D eigenvalue weighted by atomic mass is 10.2. The molecule has 0 unspecified atom stereocenters. The van der Waals surface area contributed by atoms with Crippen molar-refractivity contribution in [3.8, 4) is 0 Å². The van der Waals surface area contributed by atoms with Crippen LogP contribution in [0.3, 0.4) is 0 Å². The van der Waals surface area contributed by atoms with E-state index < -0.39 is 22.0 Å². The van der Waals surface area contributed by atoms with Crippen LogP contribution >= 0.6 is 11.3 Å². The highest BCUT2D eigenvalue weighted by Crippen LogP contribution is 2.30. The molecule has 1 fully saturated rings. The van der Waals surface area contributed by atoms with Gasteiger partial charge in [0, 0.05) is 24.9 Å². The number of sulfonamides is 1. The summed E-state index contributed by atoms with van der Waals surface area (Å²) in [4.78, 5) is 23.1. The van der Waals surface area contributed by atoms with E-state index in [9.17, 15) is 18.0 Å². The van der Waals surface area contributed by atoms with Crippen LogP contribution in [0.4, 0.5) is 0 Å². The molecule has 2 heterocycles. The Hall–Kier alpha value is -1.45. The SMILES string of the molecule is CC(=O)NCCc1ccc(S(=O)(=O)N2CCC[C@H]2C(N)=O)s1. The zero-order chi connectivity index (χ0) is 16.3. The van der Waals surface area contributed by atoms with Gasteiger partial charge in [0.2, 0.25) is 11.8 Å². The maximum atomic E-state index is 12.6. The van der Waals surface area contributed by atoms with Crippen molar-refractivity contribution in [1.82, 2.24) is 9.62 Å². The topological polar surface area (TPSA) is 110 Å². The maximum Gasteiger partial charge on any atom is 0.253 e. The molecule has 2 rings (SSSR count). The molecule has 0 radical (unpaired) electrons. The number of hydrogen-bond acceptors (Lipinski definition) is 5. The summed E-state index contributed by atoms with van der Waals surface area (Å²) in [5.41, 5.74) is 5.28. The number of nitrogens with one attached hydrogen (secondary N) is 1. The molecule has 0 saturated carbocycles. The first-order valence-corrected chi connectivity index (χ1v) is 9.22. The Morgan fingerprint density at radius 3 is 2.82 bits per heavy atom. The van der Waals surface area contributed by atoms with E-state index in [0.717, 1.165) is 16.2 Å². The average molecular weight is 345 g/mol. The lowest BCUT2D eigenvalue weighted by Crippen LogP contribution is -2.43. The van der Waals surface area contributed by atoms with Gasteiger partial charge in [0.1, 0.15) is 10.3 Å². The fourth-order valence-electron chi connectivity index (χ4n) is 2.42. The number of primary amides is 1. The molecular formula is C13H19N3O4S2. The average Bonchev–Trinajstić information content (AvgIpc) is 3.07. The molecule has 1 aliphatic rings. The van der Waals surface area contributed by atoms with E-state index in [0.29, 0.717) is 32.4 Å². The smallest absolute Gasteiger partial charge is 0.253 e. The van der Waals surface area contributed by atoms with Gasteiger partial charge in [-0.25, -0.2) is 8.42 Å². The maximum absolute atomic E-state index is 12.6. The molecule has 3 N–H and O–H groups in total. The second kappa shape index (κ2) is 6.76. The van der Waals surface area contributed by atoms with E-state index in [4.69, 9.17) is 5.73 Å². The van der Waals surface area contributed by atoms with Gasteiger partial charge in [0.25, 0.3) is 10.0 Å². The van der Waals surface area contributed by atoms with Gasteiger partial charge < -0.3 is 11.1 Å². The molecular weight excluding hydrogens is 326 g/mol. The molecule has 1 aromatic rings. The van der Waals surface area contributed by atoms with E-state index in [1.54, 1.807) is 12.1 Å². The Kier molecular flexibility index (Phi) is 5.20. The zero-order valence-electron chi connectivity index (χ0n) is 12.2. The number of nitrogens with zero attached hydrogens (tertiary/aromatic N) is 1. The van der Waals surface area contributed by atoms with Crippen LogP contribution in [0.25, 0.3) is 0 Å². The Labute approximate surface area is 133 Å². The predicted molar refractivity (Wildman–Crippen MR) is 82.8 cm³/mol.